The molecule has 1 aliphatic heterocycles. The molecule has 4 rings (SSSR count). The Morgan fingerprint density at radius 3 is 2.41 bits per heavy atom. The van der Waals surface area contributed by atoms with Gasteiger partial charge < -0.3 is 24.6 Å². The van der Waals surface area contributed by atoms with Crippen molar-refractivity contribution in [3.05, 3.63) is 54.7 Å². The Morgan fingerprint density at radius 1 is 1.20 bits per heavy atom. The van der Waals surface area contributed by atoms with Gasteiger partial charge in [0.1, 0.15) is 31.7 Å². The van der Waals surface area contributed by atoms with Crippen LogP contribution in [-0.2, 0) is 187 Å². The molecule has 2 fully saturated rings. The number of anilines is 2. The third kappa shape index (κ3) is 13.3. The van der Waals surface area contributed by atoms with E-state index in [2.05, 4.69) is 34.8 Å². The van der Waals surface area contributed by atoms with Crippen LogP contribution < -0.4 is 24.4 Å². The maximum absolute atomic E-state index is 13.2. The van der Waals surface area contributed by atoms with Crippen molar-refractivity contribution >= 4 is 31.4 Å². The second-order valence-electron chi connectivity index (χ2n) is 10.5. The molecule has 41 heavy (non-hydrogen) atoms. The molecule has 7 nitrogen and oxygen atoms in total. The van der Waals surface area contributed by atoms with E-state index >= 15 is 0 Å². The van der Waals surface area contributed by atoms with Crippen LogP contribution in [0.5, 0.6) is 5.75 Å². The summed E-state index contributed by atoms with van der Waals surface area (Å²) in [5.41, 5.74) is 3.31. The van der Waals surface area contributed by atoms with Crippen LogP contribution in [0.1, 0.15) is 31.2 Å². The Labute approximate surface area is 373 Å². The van der Waals surface area contributed by atoms with Crippen molar-refractivity contribution in [1.82, 2.24) is 5.32 Å². The predicted molar refractivity (Wildman–Crippen MR) is 142 cm³/mol. The first-order valence-corrected chi connectivity index (χ1v) is 12.8. The summed E-state index contributed by atoms with van der Waals surface area (Å²) in [4.78, 5) is 29.3. The minimum atomic E-state index is -0.978. The zero-order valence-corrected chi connectivity index (χ0v) is 38.7. The smallest absolute Gasteiger partial charge is 0.218 e. The molecule has 1 aromatic heterocycles. The summed E-state index contributed by atoms with van der Waals surface area (Å²) < 4.78 is 8.02. The van der Waals surface area contributed by atoms with E-state index in [0.29, 0.717) is 24.5 Å². The van der Waals surface area contributed by atoms with Gasteiger partial charge in [-0.3, -0.25) is 11.2 Å². The van der Waals surface area contributed by atoms with E-state index in [1.165, 1.54) is 5.56 Å². The summed E-state index contributed by atoms with van der Waals surface area (Å²) in [6.45, 7) is 1.93. The summed E-state index contributed by atoms with van der Waals surface area (Å²) in [7, 11) is 12.5. The van der Waals surface area contributed by atoms with Gasteiger partial charge >= 0.3 is 0 Å². The number of nitrogens with zero attached hydrogens (tertiary/aromatic N) is 3. The first-order valence-electron chi connectivity index (χ1n) is 12.8. The van der Waals surface area contributed by atoms with Gasteiger partial charge in [0.2, 0.25) is 5.91 Å². The second kappa shape index (κ2) is 22.1. The fourth-order valence-corrected chi connectivity index (χ4v) is 5.06. The largest absolute Gasteiger partial charge is 0.489 e. The molecule has 0 bridgehead atoms. The molecule has 2 heterocycles. The topological polar surface area (TPSA) is 65.8 Å². The van der Waals surface area contributed by atoms with Crippen LogP contribution in [0, 0.1) is 12.3 Å². The first-order chi connectivity index (χ1) is 17.3. The van der Waals surface area contributed by atoms with Crippen LogP contribution in [0.15, 0.2) is 42.7 Å². The zero-order chi connectivity index (χ0) is 25.7. The van der Waals surface area contributed by atoms with Gasteiger partial charge in [0.15, 0.2) is 12.4 Å². The number of hydrogen-bond acceptors (Lipinski definition) is 5. The van der Waals surface area contributed by atoms with Crippen LogP contribution in [-0.4, -0.2) is 59.9 Å². The van der Waals surface area contributed by atoms with Crippen molar-refractivity contribution in [3.8, 4) is 5.75 Å². The average molecular weight is 933 g/mol. The van der Waals surface area contributed by atoms with Crippen LogP contribution in [0.4, 0.5) is 11.4 Å². The van der Waals surface area contributed by atoms with Gasteiger partial charge in [-0.1, -0.05) is 12.8 Å². The van der Waals surface area contributed by atoms with Crippen molar-refractivity contribution in [2.75, 3.05) is 43.6 Å². The van der Waals surface area contributed by atoms with Crippen molar-refractivity contribution in [3.63, 3.8) is 0 Å². The minimum absolute atomic E-state index is 0. The van der Waals surface area contributed by atoms with Gasteiger partial charge in [-0.25, -0.2) is 4.57 Å². The summed E-state index contributed by atoms with van der Waals surface area (Å²) in [5.74, 6) is 0.730. The number of aryl methyl sites for hydroxylation is 1. The molecule has 0 spiro atoms. The van der Waals surface area contributed by atoms with E-state index in [0.717, 1.165) is 50.0 Å². The number of carbonyl (C=O) groups is 2. The SMILES string of the molecule is [B]C1(C(=O)NC(C=O)COc2ccc(N3C[CH-]C3)cc2N(C)C)CCCC(Cc2cc[n+](C)cc2)C1.[Y].[Y].[Y].[Y].[Y]. The normalized spacial score (nSPS) is 19.6. The molecule has 7 radical (unpaired) electrons. The third-order valence-electron chi connectivity index (χ3n) is 7.30. The van der Waals surface area contributed by atoms with E-state index in [-0.39, 0.29) is 176 Å². The van der Waals surface area contributed by atoms with Gasteiger partial charge in [-0.2, -0.15) is 0 Å². The standard InChI is InChI=1S/C28H37BN4O3.5Y/c1-31(2)25-17-24(33-12-5-13-33)7-8-26(25)36-20-23(19-34)30-27(35)28(29)11-4-6-22(18-28)16-21-9-14-32(3)15-10-21;;;;;/h5,7-10,14-15,17,19,22-23H,4,6,11-13,16,18,20H2,1-3H3,(H,30,35);;;;;. The first kappa shape index (κ1) is 45.6. The number of aldehydes is 1. The van der Waals surface area contributed by atoms with Crippen LogP contribution >= 0.6 is 0 Å². The molecule has 13 heteroatoms. The van der Waals surface area contributed by atoms with Gasteiger partial charge in [0.05, 0.1) is 13.5 Å². The number of pyridine rings is 1. The van der Waals surface area contributed by atoms with Gasteiger partial charge in [0.25, 0.3) is 0 Å². The summed E-state index contributed by atoms with van der Waals surface area (Å²) in [6.07, 6.45) is 11.1. The van der Waals surface area contributed by atoms with E-state index < -0.39 is 11.4 Å². The number of ether oxygens (including phenoxy) is 1. The molecular weight excluding hydrogens is 896 g/mol. The fourth-order valence-electron chi connectivity index (χ4n) is 5.06. The van der Waals surface area contributed by atoms with Gasteiger partial charge in [0, 0.05) is 201 Å². The van der Waals surface area contributed by atoms with Crippen LogP contribution in [0.25, 0.3) is 0 Å². The van der Waals surface area contributed by atoms with Crippen LogP contribution in [0.2, 0.25) is 5.31 Å². The monoisotopic (exact) mass is 933 g/mol. The minimum Gasteiger partial charge on any atom is -0.489 e. The summed E-state index contributed by atoms with van der Waals surface area (Å²) in [5, 5.41) is 1.87. The number of amides is 1. The van der Waals surface area contributed by atoms with Gasteiger partial charge in [-0.05, 0) is 48.9 Å². The fraction of sp³-hybridized carbons (Fsp3) is 0.500. The molecule has 3 atom stereocenters. The third-order valence-corrected chi connectivity index (χ3v) is 7.30. The average Bonchev–Trinajstić information content (AvgIpc) is 2.82. The van der Waals surface area contributed by atoms with E-state index in [1.807, 2.05) is 55.1 Å². The van der Waals surface area contributed by atoms with Crippen molar-refractivity contribution in [1.29, 1.82) is 0 Å². The number of aromatic nitrogens is 1. The van der Waals surface area contributed by atoms with E-state index in [9.17, 15) is 9.59 Å². The molecule has 1 saturated heterocycles. The maximum Gasteiger partial charge on any atom is 0.218 e. The Morgan fingerprint density at radius 2 is 1.85 bits per heavy atom. The number of benzene rings is 1. The Hall–Kier alpha value is 2.49. The van der Waals surface area contributed by atoms with Crippen molar-refractivity contribution in [2.45, 2.75) is 43.5 Å². The number of carbonyl (C=O) groups excluding carboxylic acids is 2. The maximum atomic E-state index is 13.2. The van der Waals surface area contributed by atoms with Gasteiger partial charge in [-0.15, -0.1) is 13.1 Å². The summed E-state index contributed by atoms with van der Waals surface area (Å²) >= 11 is 0. The van der Waals surface area contributed by atoms with Crippen molar-refractivity contribution in [2.24, 2.45) is 13.0 Å². The van der Waals surface area contributed by atoms with E-state index in [1.54, 1.807) is 0 Å². The molecular formula is C28H37BN4O3Y5. The number of nitrogens with one attached hydrogen (secondary N) is 1. The molecule has 2 aromatic rings. The molecule has 2 aliphatic rings. The molecule has 1 amide bonds. The Kier molecular flexibility index (Phi) is 24.6. The van der Waals surface area contributed by atoms with Crippen molar-refractivity contribution < 1.29 is 182 Å². The summed E-state index contributed by atoms with van der Waals surface area (Å²) in [6, 6.07) is 9.49. The molecule has 1 N–H and O–H groups in total. The second-order valence-corrected chi connectivity index (χ2v) is 10.5. The molecule has 1 aromatic carbocycles. The predicted octanol–water partition coefficient (Wildman–Crippen LogP) is 2.41. The van der Waals surface area contributed by atoms with Crippen LogP contribution in [0.3, 0.4) is 0 Å². The van der Waals surface area contributed by atoms with E-state index in [4.69, 9.17) is 12.6 Å². The number of rotatable bonds is 10. The molecule has 1 aliphatic carbocycles. The molecule has 1 saturated carbocycles. The zero-order valence-electron chi connectivity index (χ0n) is 24.5. The molecule has 205 valence electrons. The molecule has 3 unspecified atom stereocenters. The Bertz CT molecular complexity index is 1080. The Balaban J connectivity index is 0. The quantitative estimate of drug-likeness (QED) is 0.172. The number of hydrogen-bond donors (Lipinski definition) is 1.